The molecule has 4 aromatic rings. The molecule has 2 aromatic heterocycles. The molecular weight excluding hydrogens is 443 g/mol. The van der Waals surface area contributed by atoms with Crippen LogP contribution in [0.15, 0.2) is 72.1 Å². The minimum atomic E-state index is -0.430. The van der Waals surface area contributed by atoms with Crippen LogP contribution in [0.1, 0.15) is 32.9 Å². The molecule has 35 heavy (non-hydrogen) atoms. The fourth-order valence-corrected chi connectivity index (χ4v) is 4.00. The van der Waals surface area contributed by atoms with Gasteiger partial charge in [0.1, 0.15) is 23.5 Å². The first-order valence-electron chi connectivity index (χ1n) is 11.0. The van der Waals surface area contributed by atoms with Crippen molar-refractivity contribution < 1.29 is 9.18 Å². The standard InChI is InChI=1S/C27H19FN6O/c28-22-7-6-18(27(35)34-20-4-1-3-17(13-20)8-10-29)14-19(22)15-24-21(5-2-11-30-24)25-26-23(9-12-31-26)32-16-33-25/h1-7,11-14,16H,8-9,15H2,(H,34,35). The van der Waals surface area contributed by atoms with E-state index in [0.29, 0.717) is 40.3 Å². The van der Waals surface area contributed by atoms with E-state index in [1.807, 2.05) is 12.1 Å². The second kappa shape index (κ2) is 9.61. The summed E-state index contributed by atoms with van der Waals surface area (Å²) in [7, 11) is 0. The van der Waals surface area contributed by atoms with E-state index < -0.39 is 5.82 Å². The number of anilines is 1. The quantitative estimate of drug-likeness (QED) is 0.441. The number of aromatic nitrogens is 3. The Kier molecular flexibility index (Phi) is 6.05. The zero-order valence-electron chi connectivity index (χ0n) is 18.6. The molecule has 3 heterocycles. The third-order valence-electron chi connectivity index (χ3n) is 5.68. The Hall–Kier alpha value is -4.77. The first-order chi connectivity index (χ1) is 17.1. The van der Waals surface area contributed by atoms with Crippen molar-refractivity contribution in [3.63, 3.8) is 0 Å². The number of nitrogens with one attached hydrogen (secondary N) is 1. The second-order valence-electron chi connectivity index (χ2n) is 8.00. The SMILES string of the molecule is N#CCc1cccc(NC(=O)c2ccc(F)c(Cc3ncccc3-c3ncnc4c3N=CC4)c2)c1. The van der Waals surface area contributed by atoms with Gasteiger partial charge in [-0.2, -0.15) is 5.26 Å². The molecule has 1 aliphatic rings. The molecule has 0 aliphatic carbocycles. The van der Waals surface area contributed by atoms with Crippen molar-refractivity contribution in [1.29, 1.82) is 5.26 Å². The molecule has 0 radical (unpaired) electrons. The largest absolute Gasteiger partial charge is 0.322 e. The minimum Gasteiger partial charge on any atom is -0.322 e. The van der Waals surface area contributed by atoms with E-state index in [1.165, 1.54) is 24.5 Å². The predicted octanol–water partition coefficient (Wildman–Crippen LogP) is 4.85. The number of nitrogens with zero attached hydrogens (tertiary/aromatic N) is 5. The summed E-state index contributed by atoms with van der Waals surface area (Å²) >= 11 is 0. The zero-order valence-corrected chi connectivity index (χ0v) is 18.6. The maximum absolute atomic E-state index is 14.8. The Labute approximate surface area is 201 Å². The van der Waals surface area contributed by atoms with Gasteiger partial charge in [-0.1, -0.05) is 12.1 Å². The maximum atomic E-state index is 14.8. The third-order valence-corrected chi connectivity index (χ3v) is 5.68. The summed E-state index contributed by atoms with van der Waals surface area (Å²) in [5, 5.41) is 11.7. The topological polar surface area (TPSA) is 104 Å². The number of amides is 1. The van der Waals surface area contributed by atoms with Crippen molar-refractivity contribution in [3.05, 3.63) is 101 Å². The van der Waals surface area contributed by atoms with E-state index in [4.69, 9.17) is 5.26 Å². The van der Waals surface area contributed by atoms with Crippen LogP contribution >= 0.6 is 0 Å². The third kappa shape index (κ3) is 4.66. The molecule has 0 saturated carbocycles. The Morgan fingerprint density at radius 3 is 2.89 bits per heavy atom. The average Bonchev–Trinajstić information content (AvgIpc) is 3.35. The number of pyridine rings is 1. The average molecular weight is 462 g/mol. The summed E-state index contributed by atoms with van der Waals surface area (Å²) in [6.45, 7) is 0. The first kappa shape index (κ1) is 22.0. The minimum absolute atomic E-state index is 0.170. The smallest absolute Gasteiger partial charge is 0.255 e. The fourth-order valence-electron chi connectivity index (χ4n) is 4.00. The van der Waals surface area contributed by atoms with Crippen LogP contribution in [-0.2, 0) is 19.3 Å². The van der Waals surface area contributed by atoms with Gasteiger partial charge in [-0.15, -0.1) is 0 Å². The van der Waals surface area contributed by atoms with E-state index in [9.17, 15) is 9.18 Å². The van der Waals surface area contributed by atoms with E-state index >= 15 is 0 Å². The monoisotopic (exact) mass is 462 g/mol. The fraction of sp³-hybridized carbons (Fsp3) is 0.111. The molecule has 170 valence electrons. The lowest BCUT2D eigenvalue weighted by Gasteiger charge is -2.12. The van der Waals surface area contributed by atoms with Crippen LogP contribution in [0, 0.1) is 17.1 Å². The van der Waals surface area contributed by atoms with E-state index in [2.05, 4.69) is 31.3 Å². The number of carbonyl (C=O) groups excluding carboxylic acids is 1. The molecule has 0 unspecified atom stereocenters. The van der Waals surface area contributed by atoms with Crippen molar-refractivity contribution >= 4 is 23.5 Å². The summed E-state index contributed by atoms with van der Waals surface area (Å²) < 4.78 is 14.8. The molecule has 0 fully saturated rings. The summed E-state index contributed by atoms with van der Waals surface area (Å²) in [6, 6.07) is 17.1. The van der Waals surface area contributed by atoms with Gasteiger partial charge in [0.25, 0.3) is 5.91 Å². The summed E-state index contributed by atoms with van der Waals surface area (Å²) in [4.78, 5) is 30.5. The lowest BCUT2D eigenvalue weighted by Crippen LogP contribution is -2.13. The molecule has 1 N–H and O–H groups in total. The van der Waals surface area contributed by atoms with Crippen LogP contribution in [-0.4, -0.2) is 27.1 Å². The van der Waals surface area contributed by atoms with Crippen molar-refractivity contribution in [2.75, 3.05) is 5.32 Å². The number of rotatable bonds is 6. The highest BCUT2D eigenvalue weighted by molar-refractivity contribution is 6.04. The summed E-state index contributed by atoms with van der Waals surface area (Å²) in [5.41, 5.74) is 5.58. The molecule has 8 heteroatoms. The van der Waals surface area contributed by atoms with Crippen LogP contribution in [0.25, 0.3) is 11.3 Å². The Morgan fingerprint density at radius 2 is 2.00 bits per heavy atom. The van der Waals surface area contributed by atoms with Crippen molar-refractivity contribution in [3.8, 4) is 17.3 Å². The van der Waals surface area contributed by atoms with Crippen LogP contribution in [0.2, 0.25) is 0 Å². The molecule has 1 aliphatic heterocycles. The van der Waals surface area contributed by atoms with Gasteiger partial charge in [0.15, 0.2) is 0 Å². The van der Waals surface area contributed by atoms with Crippen molar-refractivity contribution in [2.45, 2.75) is 19.3 Å². The molecule has 1 amide bonds. The van der Waals surface area contributed by atoms with Gasteiger partial charge >= 0.3 is 0 Å². The number of aliphatic imine (C=N–C) groups is 1. The van der Waals surface area contributed by atoms with Crippen LogP contribution in [0.3, 0.4) is 0 Å². The van der Waals surface area contributed by atoms with Crippen LogP contribution in [0.4, 0.5) is 15.8 Å². The number of hydrogen-bond donors (Lipinski definition) is 1. The molecular formula is C27H19FN6O. The molecule has 5 rings (SSSR count). The van der Waals surface area contributed by atoms with Gasteiger partial charge in [0, 0.05) is 42.1 Å². The van der Waals surface area contributed by atoms with Gasteiger partial charge in [-0.05, 0) is 53.6 Å². The molecule has 0 atom stereocenters. The molecule has 0 saturated heterocycles. The Balaban J connectivity index is 1.43. The predicted molar refractivity (Wildman–Crippen MR) is 130 cm³/mol. The highest BCUT2D eigenvalue weighted by Crippen LogP contribution is 2.35. The summed E-state index contributed by atoms with van der Waals surface area (Å²) in [6.07, 6.45) is 5.99. The number of carbonyl (C=O) groups is 1. The number of nitriles is 1. The molecule has 2 aromatic carbocycles. The number of hydrogen-bond acceptors (Lipinski definition) is 6. The lowest BCUT2D eigenvalue weighted by atomic mass is 9.99. The van der Waals surface area contributed by atoms with Gasteiger partial charge < -0.3 is 5.32 Å². The summed E-state index contributed by atoms with van der Waals surface area (Å²) in [5.74, 6) is -0.801. The second-order valence-corrected chi connectivity index (χ2v) is 8.00. The van der Waals surface area contributed by atoms with Gasteiger partial charge in [-0.3, -0.25) is 14.8 Å². The number of halogens is 1. The van der Waals surface area contributed by atoms with Crippen LogP contribution < -0.4 is 5.32 Å². The van der Waals surface area contributed by atoms with E-state index in [-0.39, 0.29) is 18.7 Å². The van der Waals surface area contributed by atoms with Gasteiger partial charge in [0.2, 0.25) is 0 Å². The van der Waals surface area contributed by atoms with Crippen molar-refractivity contribution in [2.24, 2.45) is 4.99 Å². The highest BCUT2D eigenvalue weighted by Gasteiger charge is 2.19. The number of benzene rings is 2. The first-order valence-corrected chi connectivity index (χ1v) is 11.0. The molecule has 0 bridgehead atoms. The van der Waals surface area contributed by atoms with E-state index in [1.54, 1.807) is 36.7 Å². The Bertz CT molecular complexity index is 1510. The maximum Gasteiger partial charge on any atom is 0.255 e. The van der Waals surface area contributed by atoms with Crippen molar-refractivity contribution in [1.82, 2.24) is 15.0 Å². The number of fused-ring (bicyclic) bond motifs is 1. The normalized spacial score (nSPS) is 11.7. The molecule has 7 nitrogen and oxygen atoms in total. The zero-order chi connectivity index (χ0) is 24.2. The highest BCUT2D eigenvalue weighted by atomic mass is 19.1. The van der Waals surface area contributed by atoms with Gasteiger partial charge in [0.05, 0.1) is 23.9 Å². The Morgan fingerprint density at radius 1 is 1.09 bits per heavy atom. The van der Waals surface area contributed by atoms with Crippen LogP contribution in [0.5, 0.6) is 0 Å². The van der Waals surface area contributed by atoms with E-state index in [0.717, 1.165) is 16.8 Å². The van der Waals surface area contributed by atoms with Gasteiger partial charge in [-0.25, -0.2) is 14.4 Å². The molecule has 0 spiro atoms. The lowest BCUT2D eigenvalue weighted by molar-refractivity contribution is 0.102.